The van der Waals surface area contributed by atoms with Gasteiger partial charge in [-0.05, 0) is 46.7 Å². The zero-order chi connectivity index (χ0) is 25.2. The third kappa shape index (κ3) is 6.61. The van der Waals surface area contributed by atoms with Crippen molar-refractivity contribution in [2.45, 2.75) is 15.0 Å². The van der Waals surface area contributed by atoms with Gasteiger partial charge in [-0.25, -0.2) is 0 Å². The molecule has 3 aromatic carbocycles. The number of benzene rings is 3. The number of hydrogen-bond acceptors (Lipinski definition) is 9. The molecule has 3 rings (SSSR count). The number of nitrogens with two attached hydrogens (primary N) is 3. The lowest BCUT2D eigenvalue weighted by Crippen LogP contribution is -2.21. The van der Waals surface area contributed by atoms with Crippen molar-refractivity contribution >= 4 is 52.5 Å². The van der Waals surface area contributed by atoms with Crippen LogP contribution in [0.1, 0.15) is 10.8 Å². The first-order chi connectivity index (χ1) is 15.1. The van der Waals surface area contributed by atoms with Crippen LogP contribution in [0.2, 0.25) is 0 Å². The second kappa shape index (κ2) is 9.60. The van der Waals surface area contributed by atoms with Gasteiger partial charge in [0.05, 0.1) is 10.6 Å². The van der Waals surface area contributed by atoms with E-state index in [0.29, 0.717) is 16.6 Å². The second-order valence-corrected chi connectivity index (χ2v) is 11.1. The van der Waals surface area contributed by atoms with Crippen LogP contribution in [0.4, 0.5) is 11.4 Å². The van der Waals surface area contributed by atoms with Crippen molar-refractivity contribution in [3.63, 3.8) is 0 Å². The normalized spacial score (nSPS) is 13.2. The molecule has 0 bridgehead atoms. The van der Waals surface area contributed by atoms with Gasteiger partial charge in [0.2, 0.25) is 0 Å². The first-order valence-electron chi connectivity index (χ1n) is 8.84. The van der Waals surface area contributed by atoms with Gasteiger partial charge in [-0.1, -0.05) is 24.3 Å². The van der Waals surface area contributed by atoms with E-state index >= 15 is 0 Å². The topological polar surface area (TPSA) is 241 Å². The number of rotatable bonds is 5. The number of anilines is 2. The van der Waals surface area contributed by atoms with Crippen LogP contribution in [-0.4, -0.2) is 45.5 Å². The predicted octanol–water partition coefficient (Wildman–Crippen LogP) is 1.07. The Kier molecular flexibility index (Phi) is 7.70. The molecule has 0 aliphatic rings. The molecule has 0 saturated carbocycles. The second-order valence-electron chi connectivity index (χ2n) is 6.72. The zero-order valence-corrected chi connectivity index (χ0v) is 19.2. The van der Waals surface area contributed by atoms with E-state index in [-0.39, 0.29) is 6.54 Å². The molecule has 0 spiro atoms. The largest absolute Gasteiger partial charge is 0.399 e. The summed E-state index contributed by atoms with van der Waals surface area (Å²) in [6.45, 7) is -0.188. The third-order valence-corrected chi connectivity index (χ3v) is 7.36. The summed E-state index contributed by atoms with van der Waals surface area (Å²) in [4.78, 5) is -1.16. The van der Waals surface area contributed by atoms with Crippen molar-refractivity contribution in [2.75, 3.05) is 18.0 Å². The summed E-state index contributed by atoms with van der Waals surface area (Å²) in [6, 6.07) is 12.7. The lowest BCUT2D eigenvalue weighted by Gasteiger charge is -2.14. The summed E-state index contributed by atoms with van der Waals surface area (Å²) < 4.78 is 91.8. The first kappa shape index (κ1) is 26.5. The highest BCUT2D eigenvalue weighted by Crippen LogP contribution is 2.29. The van der Waals surface area contributed by atoms with Gasteiger partial charge in [0.25, 0.3) is 30.4 Å². The summed E-state index contributed by atoms with van der Waals surface area (Å²) in [5, 5.41) is 0.400. The minimum absolute atomic E-state index is 0.188. The Hall–Kier alpha value is -2.79. The third-order valence-electron chi connectivity index (χ3n) is 4.42. The van der Waals surface area contributed by atoms with Gasteiger partial charge in [0.15, 0.2) is 0 Å². The van der Waals surface area contributed by atoms with Crippen LogP contribution < -0.4 is 17.2 Å². The molecule has 12 nitrogen and oxygen atoms in total. The number of hydrogen-bond donors (Lipinski definition) is 6. The molecule has 1 atom stereocenters. The highest BCUT2D eigenvalue weighted by Gasteiger charge is 2.25. The molecule has 0 amide bonds. The van der Waals surface area contributed by atoms with Crippen molar-refractivity contribution in [1.29, 1.82) is 0 Å². The van der Waals surface area contributed by atoms with E-state index in [9.17, 15) is 29.8 Å². The van der Waals surface area contributed by atoms with E-state index in [4.69, 9.17) is 26.3 Å². The van der Waals surface area contributed by atoms with E-state index in [2.05, 4.69) is 0 Å². The Bertz CT molecular complexity index is 1500. The lowest BCUT2D eigenvalue weighted by molar-refractivity contribution is 0.469. The Morgan fingerprint density at radius 2 is 1.42 bits per heavy atom. The van der Waals surface area contributed by atoms with Crippen LogP contribution in [0.15, 0.2) is 64.4 Å². The molecule has 0 saturated heterocycles. The van der Waals surface area contributed by atoms with Gasteiger partial charge in [-0.15, -0.1) is 0 Å². The molecule has 0 fully saturated rings. The van der Waals surface area contributed by atoms with Crippen LogP contribution in [0, 0.1) is 0 Å². The van der Waals surface area contributed by atoms with Crippen LogP contribution >= 0.6 is 0 Å². The molecule has 15 heteroatoms. The highest BCUT2D eigenvalue weighted by molar-refractivity contribution is 7.86. The molecule has 3 aromatic rings. The maximum atomic E-state index is 11.3. The van der Waals surface area contributed by atoms with E-state index in [1.54, 1.807) is 30.3 Å². The summed E-state index contributed by atoms with van der Waals surface area (Å²) >= 11 is 0. The number of fused-ring (bicyclic) bond motifs is 1. The average molecular weight is 520 g/mol. The molecule has 0 heterocycles. The standard InChI is InChI=1S/C12H14N2O3S.C6H7NO6S2/c13-7-12(18(15,16)17)10-3-1-2-8-4-5-9(14)6-11(8)10;7-5-3-4(14(8,9)10)1-2-6(5)15(11,12)13/h1-6,12H,7,13-14H2,(H,15,16,17);1-3H,7H2,(H,8,9,10)(H,11,12,13). The summed E-state index contributed by atoms with van der Waals surface area (Å²) in [7, 11) is -13.2. The Labute approximate surface area is 190 Å². The minimum Gasteiger partial charge on any atom is -0.399 e. The van der Waals surface area contributed by atoms with Gasteiger partial charge in [-0.2, -0.15) is 25.3 Å². The van der Waals surface area contributed by atoms with Gasteiger partial charge < -0.3 is 17.2 Å². The van der Waals surface area contributed by atoms with E-state index in [0.717, 1.165) is 23.6 Å². The fraction of sp³-hybridized carbons (Fsp3) is 0.111. The van der Waals surface area contributed by atoms with Crippen LogP contribution in [0.5, 0.6) is 0 Å². The van der Waals surface area contributed by atoms with E-state index in [1.165, 1.54) is 0 Å². The zero-order valence-electron chi connectivity index (χ0n) is 16.7. The fourth-order valence-electron chi connectivity index (χ4n) is 2.93. The summed E-state index contributed by atoms with van der Waals surface area (Å²) in [5.74, 6) is 0. The highest BCUT2D eigenvalue weighted by atomic mass is 32.2. The molecule has 9 N–H and O–H groups in total. The maximum Gasteiger partial charge on any atom is 0.296 e. The first-order valence-corrected chi connectivity index (χ1v) is 13.2. The molecule has 180 valence electrons. The van der Waals surface area contributed by atoms with Crippen molar-refractivity contribution in [1.82, 2.24) is 0 Å². The molecular formula is C18H21N3O9S3. The molecule has 1 unspecified atom stereocenters. The fourth-order valence-corrected chi connectivity index (χ4v) is 4.81. The lowest BCUT2D eigenvalue weighted by atomic mass is 10.0. The van der Waals surface area contributed by atoms with Crippen LogP contribution in [0.25, 0.3) is 10.8 Å². The molecule has 33 heavy (non-hydrogen) atoms. The van der Waals surface area contributed by atoms with Crippen LogP contribution in [0.3, 0.4) is 0 Å². The van der Waals surface area contributed by atoms with Gasteiger partial charge >= 0.3 is 0 Å². The van der Waals surface area contributed by atoms with Crippen LogP contribution in [-0.2, 0) is 30.4 Å². The average Bonchev–Trinajstić information content (AvgIpc) is 2.66. The van der Waals surface area contributed by atoms with E-state index in [1.807, 2.05) is 6.07 Å². The Morgan fingerprint density at radius 1 is 0.788 bits per heavy atom. The molecule has 0 radical (unpaired) electrons. The molecule has 0 aliphatic heterocycles. The van der Waals surface area contributed by atoms with Crippen molar-refractivity contribution in [2.24, 2.45) is 5.73 Å². The van der Waals surface area contributed by atoms with E-state index < -0.39 is 51.1 Å². The number of nitrogen functional groups attached to an aromatic ring is 2. The monoisotopic (exact) mass is 519 g/mol. The summed E-state index contributed by atoms with van der Waals surface area (Å²) in [5.41, 5.74) is 16.9. The van der Waals surface area contributed by atoms with Crippen molar-refractivity contribution < 1.29 is 38.9 Å². The van der Waals surface area contributed by atoms with Crippen molar-refractivity contribution in [3.8, 4) is 0 Å². The molecule has 0 aliphatic carbocycles. The Morgan fingerprint density at radius 3 is 1.91 bits per heavy atom. The van der Waals surface area contributed by atoms with Gasteiger partial charge in [0, 0.05) is 12.2 Å². The quantitative estimate of drug-likeness (QED) is 0.205. The Balaban J connectivity index is 0.000000238. The molecular weight excluding hydrogens is 498 g/mol. The molecule has 0 aromatic heterocycles. The smallest absolute Gasteiger partial charge is 0.296 e. The van der Waals surface area contributed by atoms with Gasteiger partial charge in [0.1, 0.15) is 10.1 Å². The summed E-state index contributed by atoms with van der Waals surface area (Å²) in [6.07, 6.45) is 0. The van der Waals surface area contributed by atoms with Gasteiger partial charge in [-0.3, -0.25) is 13.7 Å². The van der Waals surface area contributed by atoms with Crippen molar-refractivity contribution in [3.05, 3.63) is 60.2 Å². The maximum absolute atomic E-state index is 11.3. The predicted molar refractivity (Wildman–Crippen MR) is 122 cm³/mol. The minimum atomic E-state index is -4.50. The SMILES string of the molecule is NCC(c1cccc2ccc(N)cc12)S(=O)(=O)O.Nc1cc(S(=O)(=O)O)ccc1S(=O)(=O)O.